The first-order chi connectivity index (χ1) is 6.43. The monoisotopic (exact) mass is 207 g/mol. The first-order valence-corrected chi connectivity index (χ1v) is 3.32. The SMILES string of the molecule is Nc1c(F)cc(C(F)F)nc1[N+](=O)[O-]. The number of anilines is 1. The van der Waals surface area contributed by atoms with Crippen molar-refractivity contribution in [3.05, 3.63) is 27.7 Å². The van der Waals surface area contributed by atoms with E-state index in [0.29, 0.717) is 6.07 Å². The third-order valence-electron chi connectivity index (χ3n) is 1.40. The van der Waals surface area contributed by atoms with Crippen LogP contribution in [0.5, 0.6) is 0 Å². The highest BCUT2D eigenvalue weighted by atomic mass is 19.3. The maximum Gasteiger partial charge on any atom is 0.390 e. The van der Waals surface area contributed by atoms with Gasteiger partial charge in [-0.05, 0) is 9.91 Å². The molecule has 0 fully saturated rings. The summed E-state index contributed by atoms with van der Waals surface area (Å²) in [5, 5.41) is 10.2. The van der Waals surface area contributed by atoms with Gasteiger partial charge < -0.3 is 15.8 Å². The van der Waals surface area contributed by atoms with Crippen LogP contribution in [-0.4, -0.2) is 9.91 Å². The lowest BCUT2D eigenvalue weighted by Crippen LogP contribution is -2.04. The third kappa shape index (κ3) is 1.73. The highest BCUT2D eigenvalue weighted by Crippen LogP contribution is 2.26. The van der Waals surface area contributed by atoms with Crippen LogP contribution in [0.2, 0.25) is 0 Å². The van der Waals surface area contributed by atoms with Gasteiger partial charge in [-0.1, -0.05) is 0 Å². The minimum absolute atomic E-state index is 0.368. The molecule has 1 aromatic rings. The fourth-order valence-corrected chi connectivity index (χ4v) is 0.780. The minimum Gasteiger partial charge on any atom is -0.389 e. The maximum absolute atomic E-state index is 12.8. The van der Waals surface area contributed by atoms with Crippen molar-refractivity contribution in [2.45, 2.75) is 6.43 Å². The summed E-state index contributed by atoms with van der Waals surface area (Å²) in [6.45, 7) is 0. The average molecular weight is 207 g/mol. The lowest BCUT2D eigenvalue weighted by molar-refractivity contribution is -0.388. The van der Waals surface area contributed by atoms with Gasteiger partial charge in [-0.2, -0.15) is 0 Å². The van der Waals surface area contributed by atoms with E-state index < -0.39 is 34.4 Å². The summed E-state index contributed by atoms with van der Waals surface area (Å²) < 4.78 is 36.8. The largest absolute Gasteiger partial charge is 0.390 e. The molecule has 0 saturated heterocycles. The van der Waals surface area contributed by atoms with Crippen molar-refractivity contribution >= 4 is 11.5 Å². The van der Waals surface area contributed by atoms with E-state index >= 15 is 0 Å². The number of nitrogens with zero attached hydrogens (tertiary/aromatic N) is 2. The third-order valence-corrected chi connectivity index (χ3v) is 1.40. The van der Waals surface area contributed by atoms with E-state index in [1.54, 1.807) is 0 Å². The molecule has 0 amide bonds. The van der Waals surface area contributed by atoms with Crippen molar-refractivity contribution in [1.82, 2.24) is 4.98 Å². The molecule has 0 atom stereocenters. The fourth-order valence-electron chi connectivity index (χ4n) is 0.780. The minimum atomic E-state index is -3.08. The maximum atomic E-state index is 12.8. The molecule has 14 heavy (non-hydrogen) atoms. The van der Waals surface area contributed by atoms with Gasteiger partial charge in [-0.15, -0.1) is 0 Å². The molecule has 0 aliphatic rings. The number of aromatic nitrogens is 1. The number of alkyl halides is 2. The molecule has 0 bridgehead atoms. The Morgan fingerprint density at radius 3 is 2.57 bits per heavy atom. The van der Waals surface area contributed by atoms with Crippen LogP contribution >= 0.6 is 0 Å². The molecule has 1 aromatic heterocycles. The van der Waals surface area contributed by atoms with E-state index in [4.69, 9.17) is 5.73 Å². The van der Waals surface area contributed by atoms with Gasteiger partial charge >= 0.3 is 12.2 Å². The zero-order valence-electron chi connectivity index (χ0n) is 6.58. The number of halogens is 3. The van der Waals surface area contributed by atoms with E-state index in [1.807, 2.05) is 0 Å². The summed E-state index contributed by atoms with van der Waals surface area (Å²) >= 11 is 0. The Bertz CT molecular complexity index is 383. The Labute approximate surface area is 75.5 Å². The summed E-state index contributed by atoms with van der Waals surface area (Å²) in [6, 6.07) is 0.368. The second-order valence-corrected chi connectivity index (χ2v) is 2.32. The lowest BCUT2D eigenvalue weighted by atomic mass is 10.3. The van der Waals surface area contributed by atoms with Crippen LogP contribution in [0.1, 0.15) is 12.1 Å². The molecule has 76 valence electrons. The van der Waals surface area contributed by atoms with Gasteiger partial charge in [0, 0.05) is 6.07 Å². The van der Waals surface area contributed by atoms with Crippen LogP contribution in [0.25, 0.3) is 0 Å². The lowest BCUT2D eigenvalue weighted by Gasteiger charge is -2.00. The number of hydrogen-bond donors (Lipinski definition) is 1. The first kappa shape index (κ1) is 10.2. The summed E-state index contributed by atoms with van der Waals surface area (Å²) in [5.41, 5.74) is 3.07. The van der Waals surface area contributed by atoms with Crippen LogP contribution in [0, 0.1) is 15.9 Å². The molecule has 0 unspecified atom stereocenters. The molecule has 1 heterocycles. The number of nitrogen functional groups attached to an aromatic ring is 1. The molecule has 2 N–H and O–H groups in total. The molecule has 0 aromatic carbocycles. The quantitative estimate of drug-likeness (QED) is 0.590. The topological polar surface area (TPSA) is 82.0 Å². The second kappa shape index (κ2) is 3.48. The molecule has 1 rings (SSSR count). The highest BCUT2D eigenvalue weighted by Gasteiger charge is 2.25. The Hall–Kier alpha value is -1.86. The number of nitrogens with two attached hydrogens (primary N) is 1. The van der Waals surface area contributed by atoms with Crippen molar-refractivity contribution in [2.24, 2.45) is 0 Å². The zero-order chi connectivity index (χ0) is 10.9. The molecular weight excluding hydrogens is 203 g/mol. The van der Waals surface area contributed by atoms with Gasteiger partial charge in [-0.3, -0.25) is 0 Å². The summed E-state index contributed by atoms with van der Waals surface area (Å²) in [7, 11) is 0. The first-order valence-electron chi connectivity index (χ1n) is 3.32. The normalized spacial score (nSPS) is 10.6. The second-order valence-electron chi connectivity index (χ2n) is 2.32. The van der Waals surface area contributed by atoms with Gasteiger partial charge in [0.2, 0.25) is 5.69 Å². The van der Waals surface area contributed by atoms with Crippen LogP contribution in [0.4, 0.5) is 24.7 Å². The van der Waals surface area contributed by atoms with Gasteiger partial charge in [-0.25, -0.2) is 13.2 Å². The molecule has 0 spiro atoms. The smallest absolute Gasteiger partial charge is 0.389 e. The predicted molar refractivity (Wildman–Crippen MR) is 40.2 cm³/mol. The van der Waals surface area contributed by atoms with Gasteiger partial charge in [0.25, 0.3) is 0 Å². The van der Waals surface area contributed by atoms with Crippen LogP contribution < -0.4 is 5.73 Å². The van der Waals surface area contributed by atoms with E-state index in [1.165, 1.54) is 0 Å². The van der Waals surface area contributed by atoms with Crippen LogP contribution in [0.3, 0.4) is 0 Å². The average Bonchev–Trinajstić information content (AvgIpc) is 2.08. The summed E-state index contributed by atoms with van der Waals surface area (Å²) in [5.74, 6) is -2.37. The molecule has 0 aliphatic heterocycles. The fraction of sp³-hybridized carbons (Fsp3) is 0.167. The standard InChI is InChI=1S/C6H4F3N3O2/c7-2-1-3(5(8)9)11-6(4(2)10)12(13)14/h1,5H,10H2. The summed E-state index contributed by atoms with van der Waals surface area (Å²) in [4.78, 5) is 12.0. The van der Waals surface area contributed by atoms with Crippen molar-refractivity contribution in [2.75, 3.05) is 5.73 Å². The Kier molecular flexibility index (Phi) is 2.54. The Morgan fingerprint density at radius 2 is 2.14 bits per heavy atom. The van der Waals surface area contributed by atoms with Crippen molar-refractivity contribution in [3.8, 4) is 0 Å². The Morgan fingerprint density at radius 1 is 1.57 bits per heavy atom. The van der Waals surface area contributed by atoms with Crippen LogP contribution in [-0.2, 0) is 0 Å². The van der Waals surface area contributed by atoms with E-state index in [9.17, 15) is 23.3 Å². The van der Waals surface area contributed by atoms with Gasteiger partial charge in [0.1, 0.15) is 0 Å². The highest BCUT2D eigenvalue weighted by molar-refractivity contribution is 5.54. The number of rotatable bonds is 2. The number of nitro groups is 1. The number of pyridine rings is 1. The molecular formula is C6H4F3N3O2. The summed E-state index contributed by atoms with van der Waals surface area (Å²) in [6.07, 6.45) is -3.08. The molecule has 8 heteroatoms. The van der Waals surface area contributed by atoms with Crippen LogP contribution in [0.15, 0.2) is 6.07 Å². The Balaban J connectivity index is 3.35. The van der Waals surface area contributed by atoms with Gasteiger partial charge in [0.15, 0.2) is 11.5 Å². The predicted octanol–water partition coefficient (Wildman–Crippen LogP) is 1.65. The zero-order valence-corrected chi connectivity index (χ0v) is 6.58. The van der Waals surface area contributed by atoms with E-state index in [-0.39, 0.29) is 0 Å². The van der Waals surface area contributed by atoms with E-state index in [0.717, 1.165) is 0 Å². The number of hydrogen-bond acceptors (Lipinski definition) is 4. The molecule has 0 aliphatic carbocycles. The van der Waals surface area contributed by atoms with E-state index in [2.05, 4.69) is 4.98 Å². The van der Waals surface area contributed by atoms with Crippen molar-refractivity contribution < 1.29 is 18.1 Å². The van der Waals surface area contributed by atoms with Crippen molar-refractivity contribution in [1.29, 1.82) is 0 Å². The molecule has 0 radical (unpaired) electrons. The molecule has 5 nitrogen and oxygen atoms in total. The molecule has 0 saturated carbocycles. The van der Waals surface area contributed by atoms with Gasteiger partial charge in [0.05, 0.1) is 0 Å². The van der Waals surface area contributed by atoms with Crippen molar-refractivity contribution in [3.63, 3.8) is 0 Å².